The number of carbonyl (C=O) groups is 1. The summed E-state index contributed by atoms with van der Waals surface area (Å²) in [7, 11) is 0. The van der Waals surface area contributed by atoms with Gasteiger partial charge in [0.05, 0.1) is 18.9 Å². The Kier molecular flexibility index (Phi) is 3.38. The molecule has 1 aromatic rings. The summed E-state index contributed by atoms with van der Waals surface area (Å²) in [6, 6.07) is 6.78. The highest BCUT2D eigenvalue weighted by Crippen LogP contribution is 2.12. The van der Waals surface area contributed by atoms with E-state index >= 15 is 0 Å². The van der Waals surface area contributed by atoms with Crippen molar-refractivity contribution >= 4 is 11.6 Å². The highest BCUT2D eigenvalue weighted by molar-refractivity contribution is 5.95. The lowest BCUT2D eigenvalue weighted by atomic mass is 10.1. The molecule has 5 nitrogen and oxygen atoms in total. The fourth-order valence-electron chi connectivity index (χ4n) is 1.67. The standard InChI is InChI=1S/C11H14N2O3/c14-11(13-4-6-16-7-5-13)9-2-1-3-10(8-9)12-15/h1-3,8,12,15H,4-7H2. The number of anilines is 1. The van der Waals surface area contributed by atoms with E-state index in [1.54, 1.807) is 29.2 Å². The fourth-order valence-corrected chi connectivity index (χ4v) is 1.67. The summed E-state index contributed by atoms with van der Waals surface area (Å²) in [5.74, 6) is -0.0274. The predicted molar refractivity (Wildman–Crippen MR) is 58.6 cm³/mol. The van der Waals surface area contributed by atoms with Crippen LogP contribution in [0.4, 0.5) is 5.69 Å². The Morgan fingerprint density at radius 3 is 2.81 bits per heavy atom. The van der Waals surface area contributed by atoms with E-state index in [9.17, 15) is 4.79 Å². The molecule has 2 N–H and O–H groups in total. The molecule has 0 bridgehead atoms. The maximum atomic E-state index is 12.0. The van der Waals surface area contributed by atoms with E-state index in [2.05, 4.69) is 0 Å². The number of hydrogen-bond acceptors (Lipinski definition) is 4. The van der Waals surface area contributed by atoms with Crippen molar-refractivity contribution in [1.82, 2.24) is 4.90 Å². The van der Waals surface area contributed by atoms with E-state index < -0.39 is 0 Å². The van der Waals surface area contributed by atoms with Crippen LogP contribution in [0.2, 0.25) is 0 Å². The average Bonchev–Trinajstić information content (AvgIpc) is 2.39. The van der Waals surface area contributed by atoms with Crippen LogP contribution >= 0.6 is 0 Å². The van der Waals surface area contributed by atoms with Gasteiger partial charge in [-0.15, -0.1) is 0 Å². The molecule has 86 valence electrons. The Balaban J connectivity index is 2.12. The first-order chi connectivity index (χ1) is 7.81. The molecule has 1 heterocycles. The average molecular weight is 222 g/mol. The molecule has 1 aromatic carbocycles. The Morgan fingerprint density at radius 2 is 2.12 bits per heavy atom. The summed E-state index contributed by atoms with van der Waals surface area (Å²) in [6.07, 6.45) is 0. The van der Waals surface area contributed by atoms with Crippen molar-refractivity contribution in [2.75, 3.05) is 31.8 Å². The second-order valence-electron chi connectivity index (χ2n) is 3.60. The van der Waals surface area contributed by atoms with Crippen molar-refractivity contribution in [3.05, 3.63) is 29.8 Å². The van der Waals surface area contributed by atoms with Gasteiger partial charge in [0.25, 0.3) is 5.91 Å². The number of ether oxygens (including phenoxy) is 1. The van der Waals surface area contributed by atoms with Crippen molar-refractivity contribution < 1.29 is 14.7 Å². The van der Waals surface area contributed by atoms with Gasteiger partial charge in [-0.05, 0) is 18.2 Å². The first-order valence-corrected chi connectivity index (χ1v) is 5.18. The molecule has 0 aliphatic carbocycles. The molecular formula is C11H14N2O3. The SMILES string of the molecule is O=C(c1cccc(NO)c1)N1CCOCC1. The molecule has 0 spiro atoms. The third-order valence-corrected chi connectivity index (χ3v) is 2.54. The number of hydrogen-bond donors (Lipinski definition) is 2. The van der Waals surface area contributed by atoms with Gasteiger partial charge in [0.2, 0.25) is 0 Å². The number of benzene rings is 1. The van der Waals surface area contributed by atoms with E-state index in [-0.39, 0.29) is 5.91 Å². The van der Waals surface area contributed by atoms with Crippen molar-refractivity contribution in [2.45, 2.75) is 0 Å². The predicted octanol–water partition coefficient (Wildman–Crippen LogP) is 0.960. The number of morpholine rings is 1. The van der Waals surface area contributed by atoms with Gasteiger partial charge >= 0.3 is 0 Å². The number of rotatable bonds is 2. The summed E-state index contributed by atoms with van der Waals surface area (Å²) in [5.41, 5.74) is 3.11. The van der Waals surface area contributed by atoms with Crippen LogP contribution in [-0.4, -0.2) is 42.3 Å². The molecule has 1 saturated heterocycles. The van der Waals surface area contributed by atoms with Crippen molar-refractivity contribution in [2.24, 2.45) is 0 Å². The summed E-state index contributed by atoms with van der Waals surface area (Å²) in [6.45, 7) is 2.42. The van der Waals surface area contributed by atoms with Gasteiger partial charge in [0, 0.05) is 18.7 Å². The van der Waals surface area contributed by atoms with Gasteiger partial charge < -0.3 is 9.64 Å². The molecular weight excluding hydrogens is 208 g/mol. The molecule has 1 aliphatic heterocycles. The van der Waals surface area contributed by atoms with Gasteiger partial charge in [0.1, 0.15) is 0 Å². The largest absolute Gasteiger partial charge is 0.378 e. The van der Waals surface area contributed by atoms with Gasteiger partial charge in [-0.3, -0.25) is 15.5 Å². The van der Waals surface area contributed by atoms with Gasteiger partial charge in [-0.1, -0.05) is 6.07 Å². The summed E-state index contributed by atoms with van der Waals surface area (Å²) < 4.78 is 5.18. The molecule has 0 radical (unpaired) electrons. The van der Waals surface area contributed by atoms with E-state index in [1.165, 1.54) is 0 Å². The van der Waals surface area contributed by atoms with Crippen LogP contribution in [0, 0.1) is 0 Å². The lowest BCUT2D eigenvalue weighted by Gasteiger charge is -2.26. The zero-order valence-electron chi connectivity index (χ0n) is 8.85. The lowest BCUT2D eigenvalue weighted by molar-refractivity contribution is 0.0303. The quantitative estimate of drug-likeness (QED) is 0.732. The Bertz CT molecular complexity index is 375. The third kappa shape index (κ3) is 2.32. The second kappa shape index (κ2) is 4.96. The molecule has 16 heavy (non-hydrogen) atoms. The van der Waals surface area contributed by atoms with Crippen LogP contribution in [-0.2, 0) is 4.74 Å². The summed E-state index contributed by atoms with van der Waals surface area (Å²) >= 11 is 0. The third-order valence-electron chi connectivity index (χ3n) is 2.54. The van der Waals surface area contributed by atoms with Crippen LogP contribution in [0.1, 0.15) is 10.4 Å². The highest BCUT2D eigenvalue weighted by Gasteiger charge is 2.18. The smallest absolute Gasteiger partial charge is 0.254 e. The first kappa shape index (κ1) is 10.9. The molecule has 0 saturated carbocycles. The van der Waals surface area contributed by atoms with Crippen molar-refractivity contribution in [3.63, 3.8) is 0 Å². The molecule has 2 rings (SSSR count). The van der Waals surface area contributed by atoms with Crippen molar-refractivity contribution in [3.8, 4) is 0 Å². The summed E-state index contributed by atoms with van der Waals surface area (Å²) in [4.78, 5) is 13.8. The maximum absolute atomic E-state index is 12.0. The van der Waals surface area contributed by atoms with Crippen LogP contribution in [0.3, 0.4) is 0 Å². The van der Waals surface area contributed by atoms with E-state index in [4.69, 9.17) is 9.94 Å². The van der Waals surface area contributed by atoms with Crippen molar-refractivity contribution in [1.29, 1.82) is 0 Å². The first-order valence-electron chi connectivity index (χ1n) is 5.18. The number of nitrogens with one attached hydrogen (secondary N) is 1. The minimum atomic E-state index is -0.0274. The minimum absolute atomic E-state index is 0.0274. The van der Waals surface area contributed by atoms with E-state index in [1.807, 2.05) is 5.48 Å². The van der Waals surface area contributed by atoms with E-state index in [0.29, 0.717) is 37.6 Å². The summed E-state index contributed by atoms with van der Waals surface area (Å²) in [5, 5.41) is 8.76. The Morgan fingerprint density at radius 1 is 1.38 bits per heavy atom. The van der Waals surface area contributed by atoms with Crippen LogP contribution < -0.4 is 5.48 Å². The number of carbonyl (C=O) groups excluding carboxylic acids is 1. The molecule has 0 atom stereocenters. The van der Waals surface area contributed by atoms with Gasteiger partial charge in [-0.25, -0.2) is 0 Å². The van der Waals surface area contributed by atoms with E-state index in [0.717, 1.165) is 0 Å². The normalized spacial score (nSPS) is 15.9. The molecule has 5 heteroatoms. The zero-order chi connectivity index (χ0) is 11.4. The lowest BCUT2D eigenvalue weighted by Crippen LogP contribution is -2.40. The van der Waals surface area contributed by atoms with Gasteiger partial charge in [-0.2, -0.15) is 0 Å². The topological polar surface area (TPSA) is 61.8 Å². The van der Waals surface area contributed by atoms with Crippen LogP contribution in [0.25, 0.3) is 0 Å². The maximum Gasteiger partial charge on any atom is 0.254 e. The number of amides is 1. The molecule has 0 unspecified atom stereocenters. The fraction of sp³-hybridized carbons (Fsp3) is 0.364. The second-order valence-corrected chi connectivity index (χ2v) is 3.60. The molecule has 1 fully saturated rings. The Hall–Kier alpha value is -1.59. The molecule has 1 amide bonds. The molecule has 1 aliphatic rings. The molecule has 0 aromatic heterocycles. The highest BCUT2D eigenvalue weighted by atomic mass is 16.5. The minimum Gasteiger partial charge on any atom is -0.378 e. The zero-order valence-corrected chi connectivity index (χ0v) is 8.85. The van der Waals surface area contributed by atoms with Gasteiger partial charge in [0.15, 0.2) is 0 Å². The number of nitrogens with zero attached hydrogens (tertiary/aromatic N) is 1. The van der Waals surface area contributed by atoms with Crippen LogP contribution in [0.5, 0.6) is 0 Å². The monoisotopic (exact) mass is 222 g/mol. The Labute approximate surface area is 93.6 Å². The van der Waals surface area contributed by atoms with Crippen LogP contribution in [0.15, 0.2) is 24.3 Å².